The van der Waals surface area contributed by atoms with Crippen LogP contribution in [0.1, 0.15) is 35.1 Å². The largest absolute Gasteiger partial charge is 0.496 e. The Labute approximate surface area is 152 Å². The minimum absolute atomic E-state index is 0.200. The van der Waals surface area contributed by atoms with Gasteiger partial charge in [-0.3, -0.25) is 0 Å². The lowest BCUT2D eigenvalue weighted by atomic mass is 9.90. The summed E-state index contributed by atoms with van der Waals surface area (Å²) in [5.41, 5.74) is 4.31. The van der Waals surface area contributed by atoms with Crippen LogP contribution in [0.5, 0.6) is 11.5 Å². The second-order valence-corrected chi connectivity index (χ2v) is 6.79. The first kappa shape index (κ1) is 16.7. The summed E-state index contributed by atoms with van der Waals surface area (Å²) < 4.78 is 17.2. The number of fused-ring (bicyclic) bond motifs is 3. The average molecular weight is 350 g/mol. The highest BCUT2D eigenvalue weighted by Gasteiger charge is 2.21. The fourth-order valence-electron chi connectivity index (χ4n) is 3.76. The predicted molar refractivity (Wildman–Crippen MR) is 101 cm³/mol. The number of para-hydroxylation sites is 1. The molecule has 0 radical (unpaired) electrons. The summed E-state index contributed by atoms with van der Waals surface area (Å²) >= 11 is 0. The fraction of sp³-hybridized carbons (Fsp3) is 0.318. The highest BCUT2D eigenvalue weighted by Crippen LogP contribution is 2.35. The van der Waals surface area contributed by atoms with E-state index in [9.17, 15) is 4.79 Å². The van der Waals surface area contributed by atoms with E-state index in [2.05, 4.69) is 0 Å². The van der Waals surface area contributed by atoms with Crippen molar-refractivity contribution in [3.63, 3.8) is 0 Å². The third kappa shape index (κ3) is 2.96. The molecule has 0 spiro atoms. The summed E-state index contributed by atoms with van der Waals surface area (Å²) in [6.45, 7) is 2.38. The van der Waals surface area contributed by atoms with Gasteiger partial charge in [-0.1, -0.05) is 18.2 Å². The maximum atomic E-state index is 12.3. The molecule has 0 aliphatic heterocycles. The van der Waals surface area contributed by atoms with Crippen LogP contribution in [0.3, 0.4) is 0 Å². The second-order valence-electron chi connectivity index (χ2n) is 6.79. The van der Waals surface area contributed by atoms with Crippen LogP contribution in [0.15, 0.2) is 45.6 Å². The van der Waals surface area contributed by atoms with Crippen LogP contribution in [0, 0.1) is 6.92 Å². The van der Waals surface area contributed by atoms with Crippen LogP contribution in [-0.4, -0.2) is 7.11 Å². The molecule has 4 nitrogen and oxygen atoms in total. The van der Waals surface area contributed by atoms with Gasteiger partial charge < -0.3 is 13.9 Å². The van der Waals surface area contributed by atoms with Gasteiger partial charge in [-0.25, -0.2) is 4.79 Å². The van der Waals surface area contributed by atoms with E-state index in [1.807, 2.05) is 43.3 Å². The lowest BCUT2D eigenvalue weighted by Crippen LogP contribution is -2.16. The number of hydrogen-bond acceptors (Lipinski definition) is 4. The van der Waals surface area contributed by atoms with E-state index in [0.29, 0.717) is 12.2 Å². The van der Waals surface area contributed by atoms with Gasteiger partial charge in [0.25, 0.3) is 0 Å². The van der Waals surface area contributed by atoms with Crippen molar-refractivity contribution < 1.29 is 13.9 Å². The molecule has 0 amide bonds. The van der Waals surface area contributed by atoms with Crippen LogP contribution >= 0.6 is 0 Å². The molecule has 134 valence electrons. The van der Waals surface area contributed by atoms with Crippen molar-refractivity contribution in [3.05, 3.63) is 69.1 Å². The van der Waals surface area contributed by atoms with Gasteiger partial charge in [0.1, 0.15) is 23.7 Å². The Morgan fingerprint density at radius 2 is 1.81 bits per heavy atom. The number of hydrogen-bond donors (Lipinski definition) is 0. The molecule has 4 heteroatoms. The van der Waals surface area contributed by atoms with E-state index in [1.165, 1.54) is 0 Å². The van der Waals surface area contributed by atoms with Gasteiger partial charge >= 0.3 is 5.63 Å². The van der Waals surface area contributed by atoms with Crippen molar-refractivity contribution >= 4 is 11.0 Å². The zero-order chi connectivity index (χ0) is 18.1. The summed E-state index contributed by atoms with van der Waals surface area (Å²) in [6.07, 6.45) is 3.80. The molecule has 1 aliphatic carbocycles. The number of aryl methyl sites for hydroxylation is 2. The van der Waals surface area contributed by atoms with Crippen molar-refractivity contribution in [2.24, 2.45) is 0 Å². The first-order valence-electron chi connectivity index (χ1n) is 9.01. The number of methoxy groups -OCH3 is 1. The Morgan fingerprint density at radius 3 is 2.62 bits per heavy atom. The quantitative estimate of drug-likeness (QED) is 0.647. The van der Waals surface area contributed by atoms with Crippen LogP contribution < -0.4 is 15.1 Å². The van der Waals surface area contributed by atoms with E-state index < -0.39 is 0 Å². The Hall–Kier alpha value is -2.75. The van der Waals surface area contributed by atoms with Crippen LogP contribution in [0.4, 0.5) is 0 Å². The minimum Gasteiger partial charge on any atom is -0.496 e. The molecule has 1 heterocycles. The standard InChI is InChI=1S/C22H22O4/c1-14-11-19(25-13-15-7-3-6-10-18(15)24-2)21-16-8-4-5-9-17(16)22(23)26-20(21)12-14/h3,6-7,10-12H,4-5,8-9,13H2,1-2H3. The van der Waals surface area contributed by atoms with Crippen LogP contribution in [0.2, 0.25) is 0 Å². The maximum Gasteiger partial charge on any atom is 0.339 e. The molecule has 26 heavy (non-hydrogen) atoms. The first-order valence-corrected chi connectivity index (χ1v) is 9.01. The van der Waals surface area contributed by atoms with Gasteiger partial charge in [0.2, 0.25) is 0 Å². The van der Waals surface area contributed by atoms with Gasteiger partial charge in [0, 0.05) is 11.1 Å². The fourth-order valence-corrected chi connectivity index (χ4v) is 3.76. The Kier molecular flexibility index (Phi) is 4.41. The SMILES string of the molecule is COc1ccccc1COc1cc(C)cc2oc(=O)c3c(c12)CCCC3. The van der Waals surface area contributed by atoms with E-state index in [-0.39, 0.29) is 5.63 Å². The van der Waals surface area contributed by atoms with Gasteiger partial charge in [-0.05, 0) is 61.9 Å². The summed E-state index contributed by atoms with van der Waals surface area (Å²) in [5, 5.41) is 0.944. The Morgan fingerprint density at radius 1 is 1.04 bits per heavy atom. The Balaban J connectivity index is 1.80. The lowest BCUT2D eigenvalue weighted by molar-refractivity contribution is 0.299. The van der Waals surface area contributed by atoms with Crippen molar-refractivity contribution in [2.45, 2.75) is 39.2 Å². The Bertz CT molecular complexity index is 1020. The average Bonchev–Trinajstić information content (AvgIpc) is 2.66. The normalized spacial score (nSPS) is 13.5. The second kappa shape index (κ2) is 6.87. The lowest BCUT2D eigenvalue weighted by Gasteiger charge is -2.19. The molecule has 3 aromatic rings. The molecule has 4 rings (SSSR count). The summed E-state index contributed by atoms with van der Waals surface area (Å²) in [6, 6.07) is 11.8. The summed E-state index contributed by atoms with van der Waals surface area (Å²) in [4.78, 5) is 12.3. The summed E-state index contributed by atoms with van der Waals surface area (Å²) in [7, 11) is 1.66. The molecular weight excluding hydrogens is 328 g/mol. The third-order valence-electron chi connectivity index (χ3n) is 5.00. The number of ether oxygens (including phenoxy) is 2. The van der Waals surface area contributed by atoms with E-state index in [0.717, 1.165) is 64.8 Å². The van der Waals surface area contributed by atoms with Gasteiger partial charge in [0.05, 0.1) is 12.5 Å². The first-order chi connectivity index (χ1) is 12.7. The molecule has 0 atom stereocenters. The van der Waals surface area contributed by atoms with Crippen LogP contribution in [0.25, 0.3) is 11.0 Å². The molecule has 0 bridgehead atoms. The van der Waals surface area contributed by atoms with Crippen molar-refractivity contribution in [2.75, 3.05) is 7.11 Å². The van der Waals surface area contributed by atoms with Crippen molar-refractivity contribution in [3.8, 4) is 11.5 Å². The topological polar surface area (TPSA) is 48.7 Å². The highest BCUT2D eigenvalue weighted by molar-refractivity contribution is 5.88. The van der Waals surface area contributed by atoms with E-state index >= 15 is 0 Å². The predicted octanol–water partition coefficient (Wildman–Crippen LogP) is 4.57. The zero-order valence-electron chi connectivity index (χ0n) is 15.1. The van der Waals surface area contributed by atoms with Gasteiger partial charge in [0.15, 0.2) is 0 Å². The zero-order valence-corrected chi connectivity index (χ0v) is 15.1. The molecule has 2 aromatic carbocycles. The van der Waals surface area contributed by atoms with E-state index in [1.54, 1.807) is 7.11 Å². The van der Waals surface area contributed by atoms with Gasteiger partial charge in [-0.15, -0.1) is 0 Å². The summed E-state index contributed by atoms with van der Waals surface area (Å²) in [5.74, 6) is 1.57. The molecular formula is C22H22O4. The molecule has 1 aromatic heterocycles. The smallest absolute Gasteiger partial charge is 0.339 e. The number of rotatable bonds is 4. The highest BCUT2D eigenvalue weighted by atomic mass is 16.5. The molecule has 1 aliphatic rings. The molecule has 0 saturated carbocycles. The van der Waals surface area contributed by atoms with Gasteiger partial charge in [-0.2, -0.15) is 0 Å². The maximum absolute atomic E-state index is 12.3. The van der Waals surface area contributed by atoms with Crippen LogP contribution in [-0.2, 0) is 19.4 Å². The third-order valence-corrected chi connectivity index (χ3v) is 5.00. The number of benzene rings is 2. The van der Waals surface area contributed by atoms with Crippen molar-refractivity contribution in [1.29, 1.82) is 0 Å². The molecule has 0 N–H and O–H groups in total. The van der Waals surface area contributed by atoms with E-state index in [4.69, 9.17) is 13.9 Å². The minimum atomic E-state index is -0.200. The molecule has 0 unspecified atom stereocenters. The molecule has 0 fully saturated rings. The molecule has 0 saturated heterocycles. The van der Waals surface area contributed by atoms with Crippen molar-refractivity contribution in [1.82, 2.24) is 0 Å². The monoisotopic (exact) mass is 350 g/mol.